The van der Waals surface area contributed by atoms with E-state index in [4.69, 9.17) is 0 Å². The van der Waals surface area contributed by atoms with Gasteiger partial charge in [0.2, 0.25) is 0 Å². The molecule has 0 saturated heterocycles. The highest BCUT2D eigenvalue weighted by molar-refractivity contribution is 7.12. The first kappa shape index (κ1) is 9.65. The van der Waals surface area contributed by atoms with E-state index in [2.05, 4.69) is 9.72 Å². The summed E-state index contributed by atoms with van der Waals surface area (Å²) in [6, 6.07) is 0. The normalized spacial score (nSPS) is 16.4. The average molecular weight is 211 g/mol. The summed E-state index contributed by atoms with van der Waals surface area (Å²) in [5, 5.41) is 1.11. The molecule has 1 aromatic heterocycles. The number of aromatic nitrogens is 1. The molecule has 0 N–H and O–H groups in total. The molecule has 0 unspecified atom stereocenters. The van der Waals surface area contributed by atoms with E-state index in [9.17, 15) is 4.79 Å². The first-order valence-corrected chi connectivity index (χ1v) is 5.59. The Balaban J connectivity index is 2.24. The number of carbonyl (C=O) groups is 1. The maximum absolute atomic E-state index is 11.3. The van der Waals surface area contributed by atoms with Crippen LogP contribution >= 0.6 is 11.3 Å². The van der Waals surface area contributed by atoms with Crippen molar-refractivity contribution in [2.75, 3.05) is 7.11 Å². The summed E-state index contributed by atoms with van der Waals surface area (Å²) in [5.41, 5.74) is 0.499. The Kier molecular flexibility index (Phi) is 2.54. The molecule has 1 heterocycles. The molecule has 0 amide bonds. The van der Waals surface area contributed by atoms with Gasteiger partial charge in [0, 0.05) is 10.8 Å². The zero-order chi connectivity index (χ0) is 10.1. The molecule has 1 fully saturated rings. The predicted molar refractivity (Wildman–Crippen MR) is 54.8 cm³/mol. The highest BCUT2D eigenvalue weighted by Gasteiger charge is 2.25. The van der Waals surface area contributed by atoms with Gasteiger partial charge in [-0.15, -0.1) is 11.3 Å². The minimum Gasteiger partial charge on any atom is -0.464 e. The third-order valence-corrected chi connectivity index (χ3v) is 3.78. The van der Waals surface area contributed by atoms with Gasteiger partial charge < -0.3 is 4.74 Å². The number of esters is 1. The van der Waals surface area contributed by atoms with Gasteiger partial charge >= 0.3 is 5.97 Å². The second kappa shape index (κ2) is 3.69. The van der Waals surface area contributed by atoms with Crippen molar-refractivity contribution in [2.24, 2.45) is 0 Å². The third-order valence-electron chi connectivity index (χ3n) is 2.65. The number of hydrogen-bond donors (Lipinski definition) is 0. The Bertz CT molecular complexity index is 355. The molecule has 1 aliphatic rings. The van der Waals surface area contributed by atoms with Crippen LogP contribution in [0.5, 0.6) is 0 Å². The zero-order valence-electron chi connectivity index (χ0n) is 8.37. The van der Waals surface area contributed by atoms with E-state index in [-0.39, 0.29) is 5.97 Å². The van der Waals surface area contributed by atoms with Crippen LogP contribution in [0.1, 0.15) is 45.6 Å². The van der Waals surface area contributed by atoms with E-state index in [0.717, 1.165) is 9.88 Å². The van der Waals surface area contributed by atoms with Gasteiger partial charge in [-0.1, -0.05) is 6.42 Å². The van der Waals surface area contributed by atoms with Crippen LogP contribution in [0.2, 0.25) is 0 Å². The van der Waals surface area contributed by atoms with E-state index in [1.165, 1.54) is 26.4 Å². The van der Waals surface area contributed by atoms with Gasteiger partial charge in [-0.2, -0.15) is 0 Å². The Labute approximate surface area is 87.1 Å². The topological polar surface area (TPSA) is 39.2 Å². The molecular formula is C10H13NO2S. The third kappa shape index (κ3) is 1.54. The van der Waals surface area contributed by atoms with Gasteiger partial charge in [0.25, 0.3) is 0 Å². The molecule has 1 aromatic rings. The van der Waals surface area contributed by atoms with E-state index >= 15 is 0 Å². The molecule has 0 spiro atoms. The molecule has 4 heteroatoms. The van der Waals surface area contributed by atoms with Gasteiger partial charge in [-0.3, -0.25) is 0 Å². The monoisotopic (exact) mass is 211 g/mol. The first-order chi connectivity index (χ1) is 6.72. The highest BCUT2D eigenvalue weighted by Crippen LogP contribution is 2.39. The Morgan fingerprint density at radius 1 is 1.57 bits per heavy atom. The number of thiazole rings is 1. The van der Waals surface area contributed by atoms with Gasteiger partial charge in [0.05, 0.1) is 12.1 Å². The average Bonchev–Trinajstić information content (AvgIpc) is 2.43. The SMILES string of the molecule is COC(=O)c1nc(C2CCC2)sc1C. The lowest BCUT2D eigenvalue weighted by Crippen LogP contribution is -2.09. The fourth-order valence-corrected chi connectivity index (χ4v) is 2.61. The van der Waals surface area contributed by atoms with Gasteiger partial charge in [-0.05, 0) is 19.8 Å². The first-order valence-electron chi connectivity index (χ1n) is 4.78. The molecule has 0 radical (unpaired) electrons. The van der Waals surface area contributed by atoms with Crippen molar-refractivity contribution in [1.82, 2.24) is 4.98 Å². The molecule has 0 aliphatic heterocycles. The van der Waals surface area contributed by atoms with Crippen LogP contribution in [0.3, 0.4) is 0 Å². The van der Waals surface area contributed by atoms with Crippen molar-refractivity contribution in [1.29, 1.82) is 0 Å². The van der Waals surface area contributed by atoms with Gasteiger partial charge in [0.1, 0.15) is 0 Å². The van der Waals surface area contributed by atoms with E-state index in [0.29, 0.717) is 11.6 Å². The summed E-state index contributed by atoms with van der Waals surface area (Å²) in [5.74, 6) is 0.279. The predicted octanol–water partition coefficient (Wildman–Crippen LogP) is 2.51. The molecule has 1 saturated carbocycles. The minimum absolute atomic E-state index is 0.315. The zero-order valence-corrected chi connectivity index (χ0v) is 9.19. The fourth-order valence-electron chi connectivity index (χ4n) is 1.53. The van der Waals surface area contributed by atoms with Crippen LogP contribution < -0.4 is 0 Å². The van der Waals surface area contributed by atoms with Gasteiger partial charge in [-0.25, -0.2) is 9.78 Å². The minimum atomic E-state index is -0.315. The van der Waals surface area contributed by atoms with Crippen molar-refractivity contribution >= 4 is 17.3 Å². The molecule has 2 rings (SSSR count). The molecule has 14 heavy (non-hydrogen) atoms. The molecule has 0 bridgehead atoms. The van der Waals surface area contributed by atoms with E-state index in [1.54, 1.807) is 11.3 Å². The van der Waals surface area contributed by atoms with Crippen molar-refractivity contribution in [3.05, 3.63) is 15.6 Å². The van der Waals surface area contributed by atoms with Crippen LogP contribution in [-0.2, 0) is 4.74 Å². The molecular weight excluding hydrogens is 198 g/mol. The molecule has 3 nitrogen and oxygen atoms in total. The van der Waals surface area contributed by atoms with Crippen molar-refractivity contribution in [3.8, 4) is 0 Å². The summed E-state index contributed by atoms with van der Waals surface area (Å²) in [4.78, 5) is 16.6. The van der Waals surface area contributed by atoms with Crippen molar-refractivity contribution in [3.63, 3.8) is 0 Å². The number of nitrogens with zero attached hydrogens (tertiary/aromatic N) is 1. The maximum Gasteiger partial charge on any atom is 0.357 e. The Morgan fingerprint density at radius 3 is 2.79 bits per heavy atom. The Morgan fingerprint density at radius 2 is 2.29 bits per heavy atom. The quantitative estimate of drug-likeness (QED) is 0.705. The molecule has 76 valence electrons. The summed E-state index contributed by atoms with van der Waals surface area (Å²) in [6.07, 6.45) is 3.72. The lowest BCUT2D eigenvalue weighted by molar-refractivity contribution is 0.0594. The Hall–Kier alpha value is -0.900. The summed E-state index contributed by atoms with van der Waals surface area (Å²) in [7, 11) is 1.39. The fraction of sp³-hybridized carbons (Fsp3) is 0.600. The summed E-state index contributed by atoms with van der Waals surface area (Å²) < 4.78 is 4.67. The van der Waals surface area contributed by atoms with Crippen LogP contribution in [-0.4, -0.2) is 18.1 Å². The van der Waals surface area contributed by atoms with Crippen molar-refractivity contribution in [2.45, 2.75) is 32.1 Å². The van der Waals surface area contributed by atoms with Crippen LogP contribution in [0.15, 0.2) is 0 Å². The lowest BCUT2D eigenvalue weighted by Gasteiger charge is -2.22. The summed E-state index contributed by atoms with van der Waals surface area (Å²) >= 11 is 1.63. The molecule has 1 aliphatic carbocycles. The van der Waals surface area contributed by atoms with E-state index < -0.39 is 0 Å². The van der Waals surface area contributed by atoms with Crippen LogP contribution in [0.25, 0.3) is 0 Å². The van der Waals surface area contributed by atoms with Crippen molar-refractivity contribution < 1.29 is 9.53 Å². The molecule has 0 aromatic carbocycles. The van der Waals surface area contributed by atoms with Crippen LogP contribution in [0, 0.1) is 6.92 Å². The van der Waals surface area contributed by atoms with Crippen LogP contribution in [0.4, 0.5) is 0 Å². The second-order valence-corrected chi connectivity index (χ2v) is 4.81. The maximum atomic E-state index is 11.3. The lowest BCUT2D eigenvalue weighted by atomic mass is 9.86. The standard InChI is InChI=1S/C10H13NO2S/c1-6-8(10(12)13-2)11-9(14-6)7-4-3-5-7/h7H,3-5H2,1-2H3. The number of carbonyl (C=O) groups excluding carboxylic acids is 1. The number of methoxy groups -OCH3 is 1. The van der Waals surface area contributed by atoms with Gasteiger partial charge in [0.15, 0.2) is 5.69 Å². The van der Waals surface area contributed by atoms with E-state index in [1.807, 2.05) is 6.92 Å². The number of aryl methyl sites for hydroxylation is 1. The number of ether oxygens (including phenoxy) is 1. The second-order valence-electron chi connectivity index (χ2n) is 3.58. The number of hydrogen-bond acceptors (Lipinski definition) is 4. The molecule has 0 atom stereocenters. The smallest absolute Gasteiger partial charge is 0.357 e. The number of rotatable bonds is 2. The summed E-state index contributed by atoms with van der Waals surface area (Å²) in [6.45, 7) is 1.92. The highest BCUT2D eigenvalue weighted by atomic mass is 32.1. The largest absolute Gasteiger partial charge is 0.464 e.